The van der Waals surface area contributed by atoms with Crippen molar-refractivity contribution in [3.05, 3.63) is 59.8 Å². The zero-order valence-corrected chi connectivity index (χ0v) is 18.2. The number of likely N-dealkylation sites (tertiary alicyclic amines) is 1. The van der Waals surface area contributed by atoms with Crippen molar-refractivity contribution < 1.29 is 0 Å². The van der Waals surface area contributed by atoms with Crippen molar-refractivity contribution in [2.24, 2.45) is 4.99 Å². The molecule has 1 aromatic heterocycles. The number of pyridine rings is 1. The van der Waals surface area contributed by atoms with E-state index < -0.39 is 0 Å². The Morgan fingerprint density at radius 1 is 1.10 bits per heavy atom. The summed E-state index contributed by atoms with van der Waals surface area (Å²) in [7, 11) is 1.84. The second kappa shape index (κ2) is 9.94. The summed E-state index contributed by atoms with van der Waals surface area (Å²) in [6.45, 7) is 7.33. The molecule has 2 aliphatic heterocycles. The van der Waals surface area contributed by atoms with Crippen LogP contribution >= 0.6 is 0 Å². The summed E-state index contributed by atoms with van der Waals surface area (Å²) in [5.41, 5.74) is 2.55. The highest BCUT2D eigenvalue weighted by Gasteiger charge is 2.29. The molecule has 2 aliphatic rings. The minimum Gasteiger partial charge on any atom is -0.357 e. The fourth-order valence-corrected chi connectivity index (χ4v) is 4.47. The van der Waals surface area contributed by atoms with Crippen LogP contribution in [0.5, 0.6) is 0 Å². The van der Waals surface area contributed by atoms with E-state index in [1.165, 1.54) is 24.0 Å². The van der Waals surface area contributed by atoms with Crippen molar-refractivity contribution >= 4 is 11.8 Å². The fraction of sp³-hybridized carbons (Fsp3) is 0.500. The molecule has 2 unspecified atom stereocenters. The van der Waals surface area contributed by atoms with Gasteiger partial charge in [-0.3, -0.25) is 9.89 Å². The van der Waals surface area contributed by atoms with E-state index in [4.69, 9.17) is 0 Å². The van der Waals surface area contributed by atoms with Gasteiger partial charge in [-0.25, -0.2) is 4.98 Å². The predicted molar refractivity (Wildman–Crippen MR) is 124 cm³/mol. The average Bonchev–Trinajstić information content (AvgIpc) is 3.43. The molecule has 6 nitrogen and oxygen atoms in total. The van der Waals surface area contributed by atoms with E-state index in [-0.39, 0.29) is 0 Å². The highest BCUT2D eigenvalue weighted by molar-refractivity contribution is 5.80. The van der Waals surface area contributed by atoms with Gasteiger partial charge in [-0.1, -0.05) is 36.4 Å². The molecule has 2 aromatic rings. The van der Waals surface area contributed by atoms with Gasteiger partial charge in [-0.05, 0) is 43.4 Å². The van der Waals surface area contributed by atoms with Crippen LogP contribution < -0.4 is 15.5 Å². The standard InChI is InChI=1S/C24H34N6/c1-19-14-22(18-30(19)17-20-8-4-3-5-9-20)28-24(25-2)27-16-21-10-11-23(26-15-21)29-12-6-7-13-29/h3-5,8-11,15,19,22H,6-7,12-14,16-18H2,1-2H3,(H2,25,27,28). The molecule has 160 valence electrons. The number of anilines is 1. The molecule has 2 fully saturated rings. The van der Waals surface area contributed by atoms with Crippen molar-refractivity contribution in [2.75, 3.05) is 31.6 Å². The summed E-state index contributed by atoms with van der Waals surface area (Å²) in [6.07, 6.45) is 5.65. The Kier molecular flexibility index (Phi) is 6.84. The lowest BCUT2D eigenvalue weighted by Crippen LogP contribution is -2.44. The molecule has 0 saturated carbocycles. The Labute approximate surface area is 180 Å². The molecule has 0 spiro atoms. The number of benzene rings is 1. The van der Waals surface area contributed by atoms with E-state index in [9.17, 15) is 0 Å². The SMILES string of the molecule is CN=C(NCc1ccc(N2CCCC2)nc1)NC1CC(C)N(Cc2ccccc2)C1. The van der Waals surface area contributed by atoms with Gasteiger partial charge in [0.15, 0.2) is 5.96 Å². The number of nitrogens with one attached hydrogen (secondary N) is 2. The van der Waals surface area contributed by atoms with Crippen LogP contribution in [0.4, 0.5) is 5.82 Å². The topological polar surface area (TPSA) is 55.8 Å². The van der Waals surface area contributed by atoms with E-state index in [0.717, 1.165) is 50.9 Å². The first-order chi connectivity index (χ1) is 14.7. The van der Waals surface area contributed by atoms with Crippen LogP contribution in [-0.2, 0) is 13.1 Å². The van der Waals surface area contributed by atoms with Gasteiger partial charge in [-0.15, -0.1) is 0 Å². The van der Waals surface area contributed by atoms with Gasteiger partial charge in [0.25, 0.3) is 0 Å². The predicted octanol–water partition coefficient (Wildman–Crippen LogP) is 3.01. The Hall–Kier alpha value is -2.60. The minimum atomic E-state index is 0.408. The van der Waals surface area contributed by atoms with Gasteiger partial charge >= 0.3 is 0 Å². The van der Waals surface area contributed by atoms with Gasteiger partial charge in [0.05, 0.1) is 0 Å². The lowest BCUT2D eigenvalue weighted by molar-refractivity contribution is 0.258. The van der Waals surface area contributed by atoms with Crippen LogP contribution in [0.1, 0.15) is 37.3 Å². The fourth-order valence-electron chi connectivity index (χ4n) is 4.47. The third kappa shape index (κ3) is 5.30. The van der Waals surface area contributed by atoms with E-state index in [2.05, 4.69) is 79.8 Å². The summed E-state index contributed by atoms with van der Waals surface area (Å²) in [5, 5.41) is 7.05. The first kappa shape index (κ1) is 20.7. The molecule has 2 atom stereocenters. The zero-order chi connectivity index (χ0) is 20.8. The number of nitrogens with zero attached hydrogens (tertiary/aromatic N) is 4. The van der Waals surface area contributed by atoms with Gasteiger partial charge in [-0.2, -0.15) is 0 Å². The molecular formula is C24H34N6. The maximum absolute atomic E-state index is 4.65. The van der Waals surface area contributed by atoms with Crippen molar-refractivity contribution in [3.63, 3.8) is 0 Å². The lowest BCUT2D eigenvalue weighted by Gasteiger charge is -2.21. The third-order valence-electron chi connectivity index (χ3n) is 6.20. The summed E-state index contributed by atoms with van der Waals surface area (Å²) in [6, 6.07) is 16.0. The quantitative estimate of drug-likeness (QED) is 0.571. The number of aliphatic imine (C=N–C) groups is 1. The molecule has 3 heterocycles. The molecule has 30 heavy (non-hydrogen) atoms. The summed E-state index contributed by atoms with van der Waals surface area (Å²) in [5.74, 6) is 1.95. The van der Waals surface area contributed by atoms with Crippen molar-refractivity contribution in [1.29, 1.82) is 0 Å². The van der Waals surface area contributed by atoms with Crippen LogP contribution in [0, 0.1) is 0 Å². The Bertz CT molecular complexity index is 813. The Balaban J connectivity index is 1.25. The molecule has 0 amide bonds. The first-order valence-electron chi connectivity index (χ1n) is 11.2. The smallest absolute Gasteiger partial charge is 0.191 e. The average molecular weight is 407 g/mol. The molecule has 2 N–H and O–H groups in total. The molecule has 0 aliphatic carbocycles. The molecule has 0 bridgehead atoms. The van der Waals surface area contributed by atoms with Crippen molar-refractivity contribution in [1.82, 2.24) is 20.5 Å². The van der Waals surface area contributed by atoms with Crippen LogP contribution in [0.15, 0.2) is 53.7 Å². The highest BCUT2D eigenvalue weighted by atomic mass is 15.3. The van der Waals surface area contributed by atoms with E-state index >= 15 is 0 Å². The molecule has 4 rings (SSSR count). The first-order valence-corrected chi connectivity index (χ1v) is 11.2. The minimum absolute atomic E-state index is 0.408. The molecule has 2 saturated heterocycles. The van der Waals surface area contributed by atoms with Crippen LogP contribution in [0.25, 0.3) is 0 Å². The van der Waals surface area contributed by atoms with Gasteiger partial charge < -0.3 is 15.5 Å². The number of rotatable bonds is 6. The monoisotopic (exact) mass is 406 g/mol. The highest BCUT2D eigenvalue weighted by Crippen LogP contribution is 2.20. The second-order valence-electron chi connectivity index (χ2n) is 8.49. The van der Waals surface area contributed by atoms with E-state index in [1.54, 1.807) is 0 Å². The maximum atomic E-state index is 4.65. The number of guanidine groups is 1. The number of hydrogen-bond donors (Lipinski definition) is 2. The molecular weight excluding hydrogens is 372 g/mol. The Morgan fingerprint density at radius 2 is 1.90 bits per heavy atom. The van der Waals surface area contributed by atoms with Crippen molar-refractivity contribution in [3.8, 4) is 0 Å². The van der Waals surface area contributed by atoms with E-state index in [0.29, 0.717) is 12.1 Å². The maximum Gasteiger partial charge on any atom is 0.191 e. The molecule has 6 heteroatoms. The van der Waals surface area contributed by atoms with E-state index in [1.807, 2.05) is 13.2 Å². The van der Waals surface area contributed by atoms with Crippen LogP contribution in [-0.4, -0.2) is 54.6 Å². The zero-order valence-electron chi connectivity index (χ0n) is 18.2. The lowest BCUT2D eigenvalue weighted by atomic mass is 10.2. The summed E-state index contributed by atoms with van der Waals surface area (Å²) < 4.78 is 0. The number of aromatic nitrogens is 1. The van der Waals surface area contributed by atoms with Gasteiger partial charge in [0.2, 0.25) is 0 Å². The van der Waals surface area contributed by atoms with Gasteiger partial charge in [0, 0.05) is 58.1 Å². The second-order valence-corrected chi connectivity index (χ2v) is 8.49. The third-order valence-corrected chi connectivity index (χ3v) is 6.20. The Morgan fingerprint density at radius 3 is 2.60 bits per heavy atom. The summed E-state index contributed by atoms with van der Waals surface area (Å²) in [4.78, 5) is 14.0. The molecule has 1 aromatic carbocycles. The summed E-state index contributed by atoms with van der Waals surface area (Å²) >= 11 is 0. The van der Waals surface area contributed by atoms with Gasteiger partial charge in [0.1, 0.15) is 5.82 Å². The number of hydrogen-bond acceptors (Lipinski definition) is 4. The van der Waals surface area contributed by atoms with Crippen molar-refractivity contribution in [2.45, 2.75) is 51.4 Å². The molecule has 0 radical (unpaired) electrons. The van der Waals surface area contributed by atoms with Crippen LogP contribution in [0.3, 0.4) is 0 Å². The normalized spacial score (nSPS) is 22.5. The van der Waals surface area contributed by atoms with Crippen LogP contribution in [0.2, 0.25) is 0 Å². The largest absolute Gasteiger partial charge is 0.357 e.